The van der Waals surface area contributed by atoms with Crippen LogP contribution in [0.5, 0.6) is 0 Å². The number of hydrogen-bond acceptors (Lipinski definition) is 9. The molecule has 0 bridgehead atoms. The fourth-order valence-electron chi connectivity index (χ4n) is 3.08. The van der Waals surface area contributed by atoms with Crippen LogP contribution in [-0.4, -0.2) is 53.9 Å². The van der Waals surface area contributed by atoms with Crippen molar-refractivity contribution < 1.29 is 4.79 Å². The minimum atomic E-state index is -0.132. The van der Waals surface area contributed by atoms with Gasteiger partial charge < -0.3 is 10.2 Å². The molecule has 1 fully saturated rings. The van der Waals surface area contributed by atoms with Crippen LogP contribution in [0.4, 0.5) is 10.9 Å². The summed E-state index contributed by atoms with van der Waals surface area (Å²) in [6.45, 7) is 1.13. The van der Waals surface area contributed by atoms with E-state index < -0.39 is 0 Å². The second kappa shape index (κ2) is 6.60. The molecule has 5 rings (SSSR count). The molecule has 28 heavy (non-hydrogen) atoms. The zero-order chi connectivity index (χ0) is 19.1. The number of rotatable bonds is 4. The summed E-state index contributed by atoms with van der Waals surface area (Å²) in [6, 6.07) is 3.80. The molecule has 4 aromatic heterocycles. The van der Waals surface area contributed by atoms with Crippen LogP contribution in [0.2, 0.25) is 0 Å². The van der Waals surface area contributed by atoms with E-state index in [1.165, 1.54) is 17.7 Å². The number of aromatic nitrogens is 7. The highest BCUT2D eigenvalue weighted by Gasteiger charge is 2.35. The molecule has 0 atom stereocenters. The van der Waals surface area contributed by atoms with Crippen molar-refractivity contribution in [1.82, 2.24) is 34.9 Å². The largest absolute Gasteiger partial charge is 0.353 e. The molecule has 10 nitrogen and oxygen atoms in total. The highest BCUT2D eigenvalue weighted by atomic mass is 32.1. The second-order valence-corrected chi connectivity index (χ2v) is 7.31. The maximum Gasteiger partial charge on any atom is 0.232 e. The number of amides is 1. The van der Waals surface area contributed by atoms with Gasteiger partial charge in [-0.05, 0) is 12.1 Å². The fourth-order valence-corrected chi connectivity index (χ4v) is 3.80. The predicted molar refractivity (Wildman–Crippen MR) is 104 cm³/mol. The number of nitrogens with one attached hydrogen (secondary N) is 1. The second-order valence-electron chi connectivity index (χ2n) is 6.45. The Morgan fingerprint density at radius 3 is 3.04 bits per heavy atom. The molecule has 0 unspecified atom stereocenters. The quantitative estimate of drug-likeness (QED) is 0.553. The molecular formula is C17H15N9OS. The number of carbonyl (C=O) groups excluding carboxylic acids is 1. The van der Waals surface area contributed by atoms with Gasteiger partial charge in [0.15, 0.2) is 22.1 Å². The van der Waals surface area contributed by atoms with Gasteiger partial charge in [0.1, 0.15) is 6.33 Å². The molecule has 11 heteroatoms. The molecule has 0 spiro atoms. The van der Waals surface area contributed by atoms with Gasteiger partial charge in [-0.15, -0.1) is 16.4 Å². The summed E-state index contributed by atoms with van der Waals surface area (Å²) in [6.07, 6.45) is 4.96. The van der Waals surface area contributed by atoms with Gasteiger partial charge in [-0.3, -0.25) is 9.78 Å². The summed E-state index contributed by atoms with van der Waals surface area (Å²) in [5, 5.41) is 13.5. The lowest BCUT2D eigenvalue weighted by atomic mass is 9.99. The van der Waals surface area contributed by atoms with E-state index in [0.717, 1.165) is 11.3 Å². The Hall–Kier alpha value is -3.47. The maximum atomic E-state index is 12.5. The summed E-state index contributed by atoms with van der Waals surface area (Å²) >= 11 is 1.40. The lowest BCUT2D eigenvalue weighted by Gasteiger charge is -2.38. The van der Waals surface area contributed by atoms with Gasteiger partial charge >= 0.3 is 0 Å². The third kappa shape index (κ3) is 2.85. The highest BCUT2D eigenvalue weighted by molar-refractivity contribution is 7.14. The normalized spacial score (nSPS) is 14.2. The molecule has 1 saturated heterocycles. The first-order valence-corrected chi connectivity index (χ1v) is 9.49. The number of thiazole rings is 1. The first-order chi connectivity index (χ1) is 13.7. The van der Waals surface area contributed by atoms with Crippen LogP contribution >= 0.6 is 11.3 Å². The minimum Gasteiger partial charge on any atom is -0.353 e. The van der Waals surface area contributed by atoms with E-state index in [4.69, 9.17) is 0 Å². The molecule has 140 valence electrons. The van der Waals surface area contributed by atoms with E-state index >= 15 is 0 Å². The Kier molecular flexibility index (Phi) is 3.93. The van der Waals surface area contributed by atoms with Gasteiger partial charge in [0, 0.05) is 43.5 Å². The molecule has 4 aromatic rings. The van der Waals surface area contributed by atoms with Crippen molar-refractivity contribution in [3.8, 4) is 11.3 Å². The van der Waals surface area contributed by atoms with Crippen LogP contribution in [0.25, 0.3) is 22.4 Å². The molecule has 0 aromatic carbocycles. The zero-order valence-electron chi connectivity index (χ0n) is 14.8. The van der Waals surface area contributed by atoms with Crippen molar-refractivity contribution >= 4 is 39.4 Å². The molecule has 1 aliphatic rings. The van der Waals surface area contributed by atoms with Gasteiger partial charge in [-0.1, -0.05) is 5.21 Å². The number of hydrogen-bond donors (Lipinski definition) is 1. The monoisotopic (exact) mass is 393 g/mol. The topological polar surface area (TPSA) is 115 Å². The molecular weight excluding hydrogens is 378 g/mol. The van der Waals surface area contributed by atoms with Crippen molar-refractivity contribution in [3.63, 3.8) is 0 Å². The number of fused-ring (bicyclic) bond motifs is 1. The maximum absolute atomic E-state index is 12.5. The Morgan fingerprint density at radius 1 is 1.32 bits per heavy atom. The van der Waals surface area contributed by atoms with Crippen LogP contribution in [0.15, 0.2) is 36.2 Å². The summed E-state index contributed by atoms with van der Waals surface area (Å²) < 4.78 is 1.60. The van der Waals surface area contributed by atoms with E-state index in [2.05, 4.69) is 35.6 Å². The first-order valence-electron chi connectivity index (χ1n) is 8.61. The van der Waals surface area contributed by atoms with Gasteiger partial charge in [-0.2, -0.15) is 0 Å². The van der Waals surface area contributed by atoms with Gasteiger partial charge in [-0.25, -0.2) is 19.6 Å². The number of pyridine rings is 1. The van der Waals surface area contributed by atoms with E-state index in [1.54, 1.807) is 24.1 Å². The molecule has 0 radical (unpaired) electrons. The third-order valence-electron chi connectivity index (χ3n) is 4.61. The van der Waals surface area contributed by atoms with Crippen molar-refractivity contribution in [2.75, 3.05) is 23.3 Å². The van der Waals surface area contributed by atoms with Crippen LogP contribution < -0.4 is 10.2 Å². The molecule has 0 saturated carbocycles. The number of carbonyl (C=O) groups is 1. The van der Waals surface area contributed by atoms with E-state index in [-0.39, 0.29) is 11.8 Å². The van der Waals surface area contributed by atoms with Crippen molar-refractivity contribution in [1.29, 1.82) is 0 Å². The van der Waals surface area contributed by atoms with Gasteiger partial charge in [0.25, 0.3) is 0 Å². The van der Waals surface area contributed by atoms with Gasteiger partial charge in [0.2, 0.25) is 5.91 Å². The number of nitrogens with zero attached hydrogens (tertiary/aromatic N) is 8. The summed E-state index contributed by atoms with van der Waals surface area (Å²) in [4.78, 5) is 31.6. The lowest BCUT2D eigenvalue weighted by molar-refractivity contribution is -0.120. The van der Waals surface area contributed by atoms with Crippen LogP contribution in [0.1, 0.15) is 0 Å². The Labute approximate surface area is 163 Å². The standard InChI is InChI=1S/C17H15N9OS/c1-25-14-13(23-24-25)15(20-9-19-14)26-6-11(7-26)16(27)22-17-21-12(8-28-17)10-3-2-4-18-5-10/h2-5,8-9,11H,6-7H2,1H3,(H,21,22,27). The molecule has 1 aliphatic heterocycles. The smallest absolute Gasteiger partial charge is 0.232 e. The Bertz CT molecular complexity index is 1150. The summed E-state index contributed by atoms with van der Waals surface area (Å²) in [5.74, 6) is 0.524. The summed E-state index contributed by atoms with van der Waals surface area (Å²) in [5.41, 5.74) is 3.04. The van der Waals surface area contributed by atoms with Crippen molar-refractivity contribution in [2.45, 2.75) is 0 Å². The number of anilines is 2. The van der Waals surface area contributed by atoms with Gasteiger partial charge in [0.05, 0.1) is 11.6 Å². The lowest BCUT2D eigenvalue weighted by Crippen LogP contribution is -2.52. The average Bonchev–Trinajstić information content (AvgIpc) is 3.29. The van der Waals surface area contributed by atoms with E-state index in [9.17, 15) is 4.79 Å². The summed E-state index contributed by atoms with van der Waals surface area (Å²) in [7, 11) is 1.78. The molecule has 1 N–H and O–H groups in total. The average molecular weight is 393 g/mol. The van der Waals surface area contributed by atoms with E-state index in [1.807, 2.05) is 22.4 Å². The molecule has 0 aliphatic carbocycles. The SMILES string of the molecule is Cn1nnc2c(N3CC(C(=O)Nc4nc(-c5cccnc5)cs4)C3)ncnc21. The first kappa shape index (κ1) is 16.7. The molecule has 1 amide bonds. The van der Waals surface area contributed by atoms with Crippen LogP contribution in [0.3, 0.4) is 0 Å². The Morgan fingerprint density at radius 2 is 2.21 bits per heavy atom. The third-order valence-corrected chi connectivity index (χ3v) is 5.37. The van der Waals surface area contributed by atoms with Crippen LogP contribution in [0, 0.1) is 5.92 Å². The fraction of sp³-hybridized carbons (Fsp3) is 0.235. The van der Waals surface area contributed by atoms with Crippen molar-refractivity contribution in [2.24, 2.45) is 13.0 Å². The van der Waals surface area contributed by atoms with Crippen LogP contribution in [-0.2, 0) is 11.8 Å². The minimum absolute atomic E-state index is 0.0483. The van der Waals surface area contributed by atoms with Crippen molar-refractivity contribution in [3.05, 3.63) is 36.2 Å². The molecule has 5 heterocycles. The Balaban J connectivity index is 1.24. The zero-order valence-corrected chi connectivity index (χ0v) is 15.7. The highest BCUT2D eigenvalue weighted by Crippen LogP contribution is 2.29. The predicted octanol–water partition coefficient (Wildman–Crippen LogP) is 1.35. The van der Waals surface area contributed by atoms with E-state index in [0.29, 0.717) is 35.2 Å². The number of aryl methyl sites for hydroxylation is 1.